The molecule has 0 aliphatic carbocycles. The zero-order chi connectivity index (χ0) is 15.0. The highest BCUT2D eigenvalue weighted by molar-refractivity contribution is 14.1. The van der Waals surface area contributed by atoms with Crippen molar-refractivity contribution >= 4 is 67.2 Å². The van der Waals surface area contributed by atoms with Gasteiger partial charge in [-0.25, -0.2) is 4.39 Å². The number of benzene rings is 2. The number of halogens is 3. The summed E-state index contributed by atoms with van der Waals surface area (Å²) in [4.78, 5) is 12.8. The summed E-state index contributed by atoms with van der Waals surface area (Å²) in [5.74, 6) is -0.559. The van der Waals surface area contributed by atoms with Crippen molar-refractivity contribution < 1.29 is 9.18 Å². The van der Waals surface area contributed by atoms with E-state index in [-0.39, 0.29) is 11.7 Å². The maximum atomic E-state index is 13.2. The van der Waals surface area contributed by atoms with Crippen LogP contribution >= 0.6 is 45.5 Å². The van der Waals surface area contributed by atoms with E-state index in [4.69, 9.17) is 11.6 Å². The maximum absolute atomic E-state index is 13.2. The van der Waals surface area contributed by atoms with Gasteiger partial charge in [-0.05, 0) is 64.4 Å². The number of hydrogen-bond donors (Lipinski definition) is 1. The molecule has 0 spiro atoms. The Morgan fingerprint density at radius 3 is 2.76 bits per heavy atom. The number of rotatable bonds is 2. The van der Waals surface area contributed by atoms with Crippen LogP contribution in [-0.2, 0) is 0 Å². The number of carbonyl (C=O) groups excluding carboxylic acids is 1. The van der Waals surface area contributed by atoms with E-state index in [0.717, 1.165) is 13.7 Å². The third-order valence-electron chi connectivity index (χ3n) is 2.89. The van der Waals surface area contributed by atoms with E-state index in [1.165, 1.54) is 23.5 Å². The van der Waals surface area contributed by atoms with Gasteiger partial charge in [-0.2, -0.15) is 0 Å². The van der Waals surface area contributed by atoms with Gasteiger partial charge < -0.3 is 5.32 Å². The van der Waals surface area contributed by atoms with Gasteiger partial charge >= 0.3 is 0 Å². The molecular formula is C15H8ClFINOS. The van der Waals surface area contributed by atoms with Crippen molar-refractivity contribution in [1.29, 1.82) is 0 Å². The molecule has 3 aromatic rings. The van der Waals surface area contributed by atoms with Gasteiger partial charge in [-0.3, -0.25) is 4.79 Å². The van der Waals surface area contributed by atoms with E-state index >= 15 is 0 Å². The van der Waals surface area contributed by atoms with E-state index in [9.17, 15) is 9.18 Å². The first-order valence-corrected chi connectivity index (χ1v) is 8.26. The van der Waals surface area contributed by atoms with Gasteiger partial charge in [-0.1, -0.05) is 17.7 Å². The van der Waals surface area contributed by atoms with Crippen LogP contribution in [-0.4, -0.2) is 5.91 Å². The lowest BCUT2D eigenvalue weighted by atomic mass is 10.2. The van der Waals surface area contributed by atoms with Gasteiger partial charge in [0.1, 0.15) is 5.82 Å². The SMILES string of the molecule is O=C(Nc1ccc(I)cc1Cl)c1cc2ccc(F)cc2s1. The first-order valence-electron chi connectivity index (χ1n) is 5.98. The molecule has 0 aliphatic heterocycles. The number of carbonyl (C=O) groups is 1. The Labute approximate surface area is 143 Å². The predicted octanol–water partition coefficient (Wildman–Crippen LogP) is 5.55. The van der Waals surface area contributed by atoms with Gasteiger partial charge in [-0.15, -0.1) is 11.3 Å². The fourth-order valence-electron chi connectivity index (χ4n) is 1.89. The third-order valence-corrected chi connectivity index (χ3v) is 4.97. The van der Waals surface area contributed by atoms with Crippen molar-refractivity contribution in [3.05, 3.63) is 61.8 Å². The van der Waals surface area contributed by atoms with E-state index in [0.29, 0.717) is 15.6 Å². The van der Waals surface area contributed by atoms with Crippen LogP contribution in [0.15, 0.2) is 42.5 Å². The fourth-order valence-corrected chi connectivity index (χ4v) is 3.78. The molecule has 1 heterocycles. The lowest BCUT2D eigenvalue weighted by molar-refractivity contribution is 0.103. The van der Waals surface area contributed by atoms with Crippen LogP contribution in [0, 0.1) is 9.39 Å². The normalized spacial score (nSPS) is 10.8. The summed E-state index contributed by atoms with van der Waals surface area (Å²) in [5.41, 5.74) is 0.561. The zero-order valence-electron chi connectivity index (χ0n) is 10.5. The summed E-state index contributed by atoms with van der Waals surface area (Å²) < 4.78 is 14.9. The van der Waals surface area contributed by atoms with Crippen LogP contribution in [0.1, 0.15) is 9.67 Å². The van der Waals surface area contributed by atoms with Crippen LogP contribution in [0.5, 0.6) is 0 Å². The molecule has 2 nitrogen and oxygen atoms in total. The largest absolute Gasteiger partial charge is 0.320 e. The Bertz CT molecular complexity index is 849. The van der Waals surface area contributed by atoms with Crippen LogP contribution in [0.25, 0.3) is 10.1 Å². The summed E-state index contributed by atoms with van der Waals surface area (Å²) >= 11 is 9.50. The smallest absolute Gasteiger partial charge is 0.265 e. The monoisotopic (exact) mass is 431 g/mol. The Hall–Kier alpha value is -1.18. The van der Waals surface area contributed by atoms with Crippen LogP contribution < -0.4 is 5.32 Å². The van der Waals surface area contributed by atoms with Gasteiger partial charge in [0.15, 0.2) is 0 Å². The molecule has 1 N–H and O–H groups in total. The predicted molar refractivity (Wildman–Crippen MR) is 93.9 cm³/mol. The average Bonchev–Trinajstić information content (AvgIpc) is 2.85. The first-order chi connectivity index (χ1) is 10.0. The Morgan fingerprint density at radius 1 is 1.19 bits per heavy atom. The molecule has 0 radical (unpaired) electrons. The topological polar surface area (TPSA) is 29.1 Å². The standard InChI is InChI=1S/C15H8ClFINOS/c16-11-7-10(18)3-4-12(11)19-15(20)14-5-8-1-2-9(17)6-13(8)21-14/h1-7H,(H,19,20). The first kappa shape index (κ1) is 14.7. The second-order valence-corrected chi connectivity index (χ2v) is 7.11. The minimum absolute atomic E-state index is 0.250. The molecule has 2 aromatic carbocycles. The molecule has 21 heavy (non-hydrogen) atoms. The van der Waals surface area contributed by atoms with Gasteiger partial charge in [0.2, 0.25) is 0 Å². The summed E-state index contributed by atoms with van der Waals surface area (Å²) in [6, 6.07) is 11.6. The maximum Gasteiger partial charge on any atom is 0.265 e. The number of thiophene rings is 1. The van der Waals surface area contributed by atoms with Crippen molar-refractivity contribution in [1.82, 2.24) is 0 Å². The lowest BCUT2D eigenvalue weighted by Gasteiger charge is -2.06. The summed E-state index contributed by atoms with van der Waals surface area (Å²) in [5, 5.41) is 4.11. The number of nitrogens with one attached hydrogen (secondary N) is 1. The van der Waals surface area contributed by atoms with Crippen molar-refractivity contribution in [2.45, 2.75) is 0 Å². The molecule has 1 amide bonds. The van der Waals surface area contributed by atoms with E-state index < -0.39 is 0 Å². The van der Waals surface area contributed by atoms with E-state index in [1.54, 1.807) is 24.3 Å². The summed E-state index contributed by atoms with van der Waals surface area (Å²) in [6.07, 6.45) is 0. The van der Waals surface area contributed by atoms with E-state index in [1.807, 2.05) is 6.07 Å². The molecule has 0 atom stereocenters. The van der Waals surface area contributed by atoms with Gasteiger partial charge in [0, 0.05) is 8.27 Å². The number of anilines is 1. The molecule has 0 bridgehead atoms. The summed E-state index contributed by atoms with van der Waals surface area (Å²) in [6.45, 7) is 0. The van der Waals surface area contributed by atoms with Crippen molar-refractivity contribution in [2.75, 3.05) is 5.32 Å². The van der Waals surface area contributed by atoms with E-state index in [2.05, 4.69) is 27.9 Å². The highest BCUT2D eigenvalue weighted by atomic mass is 127. The minimum Gasteiger partial charge on any atom is -0.320 e. The number of fused-ring (bicyclic) bond motifs is 1. The highest BCUT2D eigenvalue weighted by Gasteiger charge is 2.12. The quantitative estimate of drug-likeness (QED) is 0.530. The molecule has 1 aromatic heterocycles. The van der Waals surface area contributed by atoms with Crippen LogP contribution in [0.4, 0.5) is 10.1 Å². The number of hydrogen-bond acceptors (Lipinski definition) is 2. The molecule has 6 heteroatoms. The van der Waals surface area contributed by atoms with Crippen molar-refractivity contribution in [3.8, 4) is 0 Å². The molecule has 0 saturated carbocycles. The number of amides is 1. The molecule has 0 unspecified atom stereocenters. The second-order valence-electron chi connectivity index (χ2n) is 4.37. The van der Waals surface area contributed by atoms with Crippen molar-refractivity contribution in [2.24, 2.45) is 0 Å². The fraction of sp³-hybridized carbons (Fsp3) is 0. The minimum atomic E-state index is -0.308. The zero-order valence-corrected chi connectivity index (χ0v) is 14.2. The Kier molecular flexibility index (Phi) is 4.14. The Balaban J connectivity index is 1.89. The van der Waals surface area contributed by atoms with Crippen LogP contribution in [0.3, 0.4) is 0 Å². The highest BCUT2D eigenvalue weighted by Crippen LogP contribution is 2.29. The molecule has 0 saturated heterocycles. The van der Waals surface area contributed by atoms with Gasteiger partial charge in [0.25, 0.3) is 5.91 Å². The lowest BCUT2D eigenvalue weighted by Crippen LogP contribution is -2.10. The van der Waals surface area contributed by atoms with Crippen LogP contribution in [0.2, 0.25) is 5.02 Å². The molecular weight excluding hydrogens is 424 g/mol. The molecule has 3 rings (SSSR count). The third kappa shape index (κ3) is 3.20. The second kappa shape index (κ2) is 5.90. The van der Waals surface area contributed by atoms with Crippen molar-refractivity contribution in [3.63, 3.8) is 0 Å². The molecule has 0 fully saturated rings. The Morgan fingerprint density at radius 2 is 2.00 bits per heavy atom. The summed E-state index contributed by atoms with van der Waals surface area (Å²) in [7, 11) is 0. The molecule has 106 valence electrons. The average molecular weight is 432 g/mol. The molecule has 0 aliphatic rings. The van der Waals surface area contributed by atoms with Gasteiger partial charge in [0.05, 0.1) is 15.6 Å².